The number of hydrogen-bond acceptors (Lipinski definition) is 5. The number of imidazole rings is 1. The molecule has 2 aromatic carbocycles. The Balaban J connectivity index is 1.59. The first kappa shape index (κ1) is 19.9. The van der Waals surface area contributed by atoms with E-state index in [-0.39, 0.29) is 17.8 Å². The number of ether oxygens (including phenoxy) is 1. The topological polar surface area (TPSA) is 71.8 Å². The van der Waals surface area contributed by atoms with E-state index in [9.17, 15) is 9.18 Å². The van der Waals surface area contributed by atoms with Crippen molar-refractivity contribution in [2.45, 2.75) is 19.4 Å². The average molecular weight is 443 g/mol. The van der Waals surface area contributed by atoms with Crippen LogP contribution in [0.2, 0.25) is 0 Å². The molecule has 4 aromatic rings. The number of carbonyl (C=O) groups is 1. The van der Waals surface area contributed by atoms with Crippen LogP contribution in [0.25, 0.3) is 28.2 Å². The zero-order chi connectivity index (χ0) is 22.5. The summed E-state index contributed by atoms with van der Waals surface area (Å²) in [6.07, 6.45) is 4.03. The molecule has 0 spiro atoms. The molecule has 4 heterocycles. The Bertz CT molecular complexity index is 1380. The lowest BCUT2D eigenvalue weighted by atomic mass is 10.0. The number of rotatable bonds is 3. The Morgan fingerprint density at radius 3 is 2.79 bits per heavy atom. The Kier molecular flexibility index (Phi) is 4.62. The molecule has 6 rings (SSSR count). The van der Waals surface area contributed by atoms with Crippen molar-refractivity contribution < 1.29 is 13.9 Å². The fourth-order valence-corrected chi connectivity index (χ4v) is 4.67. The van der Waals surface area contributed by atoms with Crippen LogP contribution in [0, 0.1) is 5.82 Å². The molecule has 33 heavy (non-hydrogen) atoms. The lowest BCUT2D eigenvalue weighted by molar-refractivity contribution is -0.115. The van der Waals surface area contributed by atoms with Gasteiger partial charge < -0.3 is 15.0 Å². The molecule has 0 unspecified atom stereocenters. The second kappa shape index (κ2) is 7.67. The summed E-state index contributed by atoms with van der Waals surface area (Å²) in [5.41, 5.74) is 5.88. The van der Waals surface area contributed by atoms with Crippen molar-refractivity contribution >= 4 is 23.1 Å². The van der Waals surface area contributed by atoms with Crippen LogP contribution in [0.1, 0.15) is 12.5 Å². The van der Waals surface area contributed by atoms with E-state index in [1.807, 2.05) is 28.8 Å². The first-order chi connectivity index (χ1) is 16.1. The summed E-state index contributed by atoms with van der Waals surface area (Å²) >= 11 is 0. The van der Waals surface area contributed by atoms with Crippen LogP contribution in [0.3, 0.4) is 0 Å². The second-order valence-corrected chi connectivity index (χ2v) is 8.47. The van der Waals surface area contributed by atoms with E-state index >= 15 is 0 Å². The molecule has 0 radical (unpaired) electrons. The monoisotopic (exact) mass is 443 g/mol. The maximum atomic E-state index is 13.7. The van der Waals surface area contributed by atoms with Crippen molar-refractivity contribution in [1.82, 2.24) is 14.4 Å². The van der Waals surface area contributed by atoms with E-state index in [1.165, 1.54) is 12.1 Å². The summed E-state index contributed by atoms with van der Waals surface area (Å²) in [6.45, 7) is 4.11. The van der Waals surface area contributed by atoms with Gasteiger partial charge in [-0.3, -0.25) is 9.20 Å². The molecule has 1 N–H and O–H groups in total. The van der Waals surface area contributed by atoms with Crippen molar-refractivity contribution in [1.29, 1.82) is 0 Å². The molecule has 7 nitrogen and oxygen atoms in total. The molecule has 1 amide bonds. The van der Waals surface area contributed by atoms with E-state index in [0.717, 1.165) is 51.8 Å². The van der Waals surface area contributed by atoms with Gasteiger partial charge in [-0.05, 0) is 48.9 Å². The van der Waals surface area contributed by atoms with E-state index in [1.54, 1.807) is 18.3 Å². The standard InChI is InChI=1S/C25H22FN5O2/c1-15-14-33-11-10-30(15)24-25-29-22(16-2-5-19(26)6-3-16)23(31(25)9-8-27-24)17-4-7-20-18(12-17)13-21(32)28-20/h2-9,12,15H,10-11,13-14H2,1H3,(H,28,32)/t15-/m0/s1. The predicted octanol–water partition coefficient (Wildman–Crippen LogP) is 3.92. The van der Waals surface area contributed by atoms with E-state index in [0.29, 0.717) is 19.6 Å². The molecule has 1 fully saturated rings. The van der Waals surface area contributed by atoms with E-state index in [4.69, 9.17) is 9.72 Å². The molecule has 2 aliphatic rings. The van der Waals surface area contributed by atoms with Gasteiger partial charge in [-0.25, -0.2) is 14.4 Å². The lowest BCUT2D eigenvalue weighted by Gasteiger charge is -2.34. The number of hydrogen-bond donors (Lipinski definition) is 1. The largest absolute Gasteiger partial charge is 0.377 e. The highest BCUT2D eigenvalue weighted by Crippen LogP contribution is 2.37. The Morgan fingerprint density at radius 1 is 1.15 bits per heavy atom. The smallest absolute Gasteiger partial charge is 0.228 e. The van der Waals surface area contributed by atoms with Gasteiger partial charge in [0.1, 0.15) is 5.82 Å². The number of morpholine rings is 1. The van der Waals surface area contributed by atoms with Gasteiger partial charge in [0.15, 0.2) is 11.5 Å². The van der Waals surface area contributed by atoms with Gasteiger partial charge in [0.2, 0.25) is 5.91 Å². The van der Waals surface area contributed by atoms with Crippen molar-refractivity contribution in [2.75, 3.05) is 30.0 Å². The fraction of sp³-hybridized carbons (Fsp3) is 0.240. The van der Waals surface area contributed by atoms with Crippen LogP contribution in [-0.4, -0.2) is 46.1 Å². The summed E-state index contributed by atoms with van der Waals surface area (Å²) < 4.78 is 21.3. The van der Waals surface area contributed by atoms with Crippen LogP contribution in [0.4, 0.5) is 15.9 Å². The van der Waals surface area contributed by atoms with Gasteiger partial charge in [-0.15, -0.1) is 0 Å². The van der Waals surface area contributed by atoms with Crippen molar-refractivity contribution in [3.8, 4) is 22.5 Å². The minimum Gasteiger partial charge on any atom is -0.377 e. The molecular formula is C25H22FN5O2. The molecule has 0 bridgehead atoms. The number of halogens is 1. The summed E-state index contributed by atoms with van der Waals surface area (Å²) in [5, 5.41) is 2.89. The third-order valence-electron chi connectivity index (χ3n) is 6.28. The second-order valence-electron chi connectivity index (χ2n) is 8.47. The molecule has 2 aliphatic heterocycles. The zero-order valence-corrected chi connectivity index (χ0v) is 18.1. The van der Waals surface area contributed by atoms with Gasteiger partial charge in [0, 0.05) is 35.8 Å². The first-order valence-corrected chi connectivity index (χ1v) is 11.0. The quantitative estimate of drug-likeness (QED) is 0.520. The number of nitrogens with zero attached hydrogens (tertiary/aromatic N) is 4. The van der Waals surface area contributed by atoms with Crippen LogP contribution in [0.15, 0.2) is 54.9 Å². The Hall–Kier alpha value is -3.78. The molecule has 1 atom stereocenters. The zero-order valence-electron chi connectivity index (χ0n) is 18.1. The Labute approximate surface area is 189 Å². The maximum Gasteiger partial charge on any atom is 0.228 e. The summed E-state index contributed by atoms with van der Waals surface area (Å²) in [6, 6.07) is 12.5. The minimum atomic E-state index is -0.296. The first-order valence-electron chi connectivity index (χ1n) is 11.0. The van der Waals surface area contributed by atoms with Gasteiger partial charge in [0.05, 0.1) is 37.1 Å². The minimum absolute atomic E-state index is 0.00755. The van der Waals surface area contributed by atoms with E-state index < -0.39 is 0 Å². The molecule has 1 saturated heterocycles. The number of aromatic nitrogens is 3. The molecule has 8 heteroatoms. The lowest BCUT2D eigenvalue weighted by Crippen LogP contribution is -2.44. The van der Waals surface area contributed by atoms with Crippen molar-refractivity contribution in [3.63, 3.8) is 0 Å². The summed E-state index contributed by atoms with van der Waals surface area (Å²) in [5.74, 6) is 0.489. The maximum absolute atomic E-state index is 13.7. The number of fused-ring (bicyclic) bond motifs is 2. The van der Waals surface area contributed by atoms with Crippen LogP contribution in [-0.2, 0) is 16.0 Å². The van der Waals surface area contributed by atoms with Crippen LogP contribution in [0.5, 0.6) is 0 Å². The third-order valence-corrected chi connectivity index (χ3v) is 6.28. The third kappa shape index (κ3) is 3.34. The molecular weight excluding hydrogens is 421 g/mol. The normalized spacial score (nSPS) is 17.9. The number of anilines is 2. The predicted molar refractivity (Wildman–Crippen MR) is 124 cm³/mol. The molecule has 2 aromatic heterocycles. The molecule has 0 saturated carbocycles. The Morgan fingerprint density at radius 2 is 1.97 bits per heavy atom. The summed E-state index contributed by atoms with van der Waals surface area (Å²) in [7, 11) is 0. The number of nitrogens with one attached hydrogen (secondary N) is 1. The van der Waals surface area contributed by atoms with Gasteiger partial charge in [0.25, 0.3) is 0 Å². The SMILES string of the molecule is C[C@H]1COCCN1c1nccn2c(-c3ccc4c(c3)CC(=O)N4)c(-c3ccc(F)cc3)nc12. The molecule has 166 valence electrons. The number of benzene rings is 2. The van der Waals surface area contributed by atoms with Crippen LogP contribution < -0.4 is 10.2 Å². The van der Waals surface area contributed by atoms with Gasteiger partial charge in [-0.1, -0.05) is 6.07 Å². The van der Waals surface area contributed by atoms with E-state index in [2.05, 4.69) is 22.1 Å². The fourth-order valence-electron chi connectivity index (χ4n) is 4.67. The number of amides is 1. The number of carbonyl (C=O) groups excluding carboxylic acids is 1. The summed E-state index contributed by atoms with van der Waals surface area (Å²) in [4.78, 5) is 23.8. The van der Waals surface area contributed by atoms with Gasteiger partial charge in [-0.2, -0.15) is 0 Å². The highest BCUT2D eigenvalue weighted by molar-refractivity contribution is 6.00. The molecule has 0 aliphatic carbocycles. The highest BCUT2D eigenvalue weighted by atomic mass is 19.1. The van der Waals surface area contributed by atoms with Crippen molar-refractivity contribution in [2.24, 2.45) is 0 Å². The van der Waals surface area contributed by atoms with Crippen LogP contribution >= 0.6 is 0 Å². The van der Waals surface area contributed by atoms with Crippen molar-refractivity contribution in [3.05, 3.63) is 66.2 Å². The van der Waals surface area contributed by atoms with Gasteiger partial charge >= 0.3 is 0 Å². The highest BCUT2D eigenvalue weighted by Gasteiger charge is 2.26. The average Bonchev–Trinajstić information content (AvgIpc) is 3.39.